The molecule has 162 valence electrons. The van der Waals surface area contributed by atoms with Gasteiger partial charge in [-0.25, -0.2) is 4.98 Å². The summed E-state index contributed by atoms with van der Waals surface area (Å²) in [7, 11) is 0. The maximum Gasteiger partial charge on any atom is 0.266 e. The first-order chi connectivity index (χ1) is 15.5. The van der Waals surface area contributed by atoms with Crippen molar-refractivity contribution in [2.75, 3.05) is 11.9 Å². The number of amides is 2. The molecule has 0 aliphatic carbocycles. The van der Waals surface area contributed by atoms with Gasteiger partial charge in [0.15, 0.2) is 5.13 Å². The number of nitrogens with zero attached hydrogens (tertiary/aromatic N) is 2. The Bertz CT molecular complexity index is 1170. The summed E-state index contributed by atoms with van der Waals surface area (Å²) in [5, 5.41) is 3.38. The fourth-order valence-corrected chi connectivity index (χ4v) is 5.32. The van der Waals surface area contributed by atoms with Crippen LogP contribution in [0.15, 0.2) is 65.7 Å². The molecule has 2 aromatic carbocycles. The van der Waals surface area contributed by atoms with Gasteiger partial charge >= 0.3 is 0 Å². The maximum absolute atomic E-state index is 12.7. The van der Waals surface area contributed by atoms with Crippen molar-refractivity contribution in [1.29, 1.82) is 0 Å². The average Bonchev–Trinajstić information content (AvgIpc) is 3.32. The molecule has 0 atom stereocenters. The van der Waals surface area contributed by atoms with E-state index in [1.54, 1.807) is 6.20 Å². The molecule has 0 spiro atoms. The highest BCUT2D eigenvalue weighted by Crippen LogP contribution is 2.32. The number of thiocarbonyl (C=S) groups is 1. The standard InChI is InChI=1S/C24H21N3O2S3/c1-16-7-9-18(10-8-16)14-20-22(29)27(24(30)32-20)12-11-21(28)26-23-25-15-19(31-23)13-17-5-3-2-4-6-17/h2-10,14-15H,11-13H2,1H3,(H,25,26,28). The summed E-state index contributed by atoms with van der Waals surface area (Å²) in [6.45, 7) is 2.26. The molecule has 1 saturated heterocycles. The van der Waals surface area contributed by atoms with Crippen molar-refractivity contribution < 1.29 is 9.59 Å². The summed E-state index contributed by atoms with van der Waals surface area (Å²) < 4.78 is 0.473. The van der Waals surface area contributed by atoms with E-state index in [2.05, 4.69) is 22.4 Å². The molecule has 2 heterocycles. The largest absolute Gasteiger partial charge is 0.302 e. The van der Waals surface area contributed by atoms with Crippen molar-refractivity contribution in [3.05, 3.63) is 87.3 Å². The quantitative estimate of drug-likeness (QED) is 0.369. The molecule has 0 bridgehead atoms. The lowest BCUT2D eigenvalue weighted by atomic mass is 10.1. The van der Waals surface area contributed by atoms with Crippen LogP contribution in [0, 0.1) is 6.92 Å². The van der Waals surface area contributed by atoms with Gasteiger partial charge < -0.3 is 5.32 Å². The first kappa shape index (κ1) is 22.4. The molecule has 8 heteroatoms. The van der Waals surface area contributed by atoms with Crippen molar-refractivity contribution in [1.82, 2.24) is 9.88 Å². The lowest BCUT2D eigenvalue weighted by Gasteiger charge is -2.13. The minimum atomic E-state index is -0.192. The number of rotatable bonds is 7. The molecule has 0 radical (unpaired) electrons. The van der Waals surface area contributed by atoms with Crippen LogP contribution in [0.25, 0.3) is 6.08 Å². The zero-order valence-electron chi connectivity index (χ0n) is 17.4. The number of aryl methyl sites for hydroxylation is 1. The smallest absolute Gasteiger partial charge is 0.266 e. The Kier molecular flexibility index (Phi) is 7.14. The van der Waals surface area contributed by atoms with Gasteiger partial charge in [0, 0.05) is 30.5 Å². The average molecular weight is 480 g/mol. The minimum Gasteiger partial charge on any atom is -0.302 e. The lowest BCUT2D eigenvalue weighted by Crippen LogP contribution is -2.31. The van der Waals surface area contributed by atoms with Gasteiger partial charge in [0.1, 0.15) is 4.32 Å². The second-order valence-corrected chi connectivity index (χ2v) is 10.1. The summed E-state index contributed by atoms with van der Waals surface area (Å²) in [5.41, 5.74) is 3.30. The van der Waals surface area contributed by atoms with E-state index >= 15 is 0 Å². The Morgan fingerprint density at radius 3 is 2.66 bits per heavy atom. The molecule has 1 aromatic heterocycles. The normalized spacial score (nSPS) is 14.9. The number of aromatic nitrogens is 1. The Morgan fingerprint density at radius 1 is 1.16 bits per heavy atom. The van der Waals surface area contributed by atoms with Crippen LogP contribution in [0.1, 0.15) is 28.0 Å². The van der Waals surface area contributed by atoms with Gasteiger partial charge in [-0.3, -0.25) is 14.5 Å². The Hall–Kier alpha value is -2.81. The molecular weight excluding hydrogens is 458 g/mol. The number of hydrogen-bond acceptors (Lipinski definition) is 6. The molecule has 1 aliphatic heterocycles. The minimum absolute atomic E-state index is 0.151. The zero-order chi connectivity index (χ0) is 22.5. The fraction of sp³-hybridized carbons (Fsp3) is 0.167. The van der Waals surface area contributed by atoms with Gasteiger partial charge in [0.05, 0.1) is 4.91 Å². The molecule has 5 nitrogen and oxygen atoms in total. The van der Waals surface area contributed by atoms with E-state index in [1.165, 1.54) is 33.6 Å². The molecule has 1 fully saturated rings. The molecule has 1 N–H and O–H groups in total. The highest BCUT2D eigenvalue weighted by atomic mass is 32.2. The van der Waals surface area contributed by atoms with Crippen molar-refractivity contribution in [2.24, 2.45) is 0 Å². The number of benzene rings is 2. The summed E-state index contributed by atoms with van der Waals surface area (Å²) in [4.78, 5) is 32.6. The predicted molar refractivity (Wildman–Crippen MR) is 136 cm³/mol. The van der Waals surface area contributed by atoms with Crippen LogP contribution in [-0.2, 0) is 16.0 Å². The van der Waals surface area contributed by atoms with E-state index in [4.69, 9.17) is 12.2 Å². The van der Waals surface area contributed by atoms with Crippen molar-refractivity contribution in [2.45, 2.75) is 19.8 Å². The van der Waals surface area contributed by atoms with E-state index in [1.807, 2.05) is 55.5 Å². The number of carbonyl (C=O) groups is 2. The van der Waals surface area contributed by atoms with Crippen LogP contribution >= 0.6 is 35.3 Å². The molecule has 1 aliphatic rings. The number of thioether (sulfide) groups is 1. The van der Waals surface area contributed by atoms with Crippen LogP contribution in [0.5, 0.6) is 0 Å². The van der Waals surface area contributed by atoms with Gasteiger partial charge in [-0.15, -0.1) is 11.3 Å². The van der Waals surface area contributed by atoms with Crippen LogP contribution in [0.2, 0.25) is 0 Å². The second-order valence-electron chi connectivity index (χ2n) is 7.34. The summed E-state index contributed by atoms with van der Waals surface area (Å²) >= 11 is 8.09. The molecule has 32 heavy (non-hydrogen) atoms. The van der Waals surface area contributed by atoms with Gasteiger partial charge in [0.25, 0.3) is 5.91 Å². The fourth-order valence-electron chi connectivity index (χ4n) is 3.15. The van der Waals surface area contributed by atoms with Gasteiger partial charge in [0.2, 0.25) is 5.91 Å². The summed E-state index contributed by atoms with van der Waals surface area (Å²) in [5.74, 6) is -0.352. The number of nitrogens with one attached hydrogen (secondary N) is 1. The number of anilines is 1. The van der Waals surface area contributed by atoms with Gasteiger partial charge in [-0.05, 0) is 24.1 Å². The van der Waals surface area contributed by atoms with E-state index in [-0.39, 0.29) is 24.8 Å². The van der Waals surface area contributed by atoms with E-state index in [0.29, 0.717) is 14.4 Å². The van der Waals surface area contributed by atoms with Crippen LogP contribution in [0.4, 0.5) is 5.13 Å². The van der Waals surface area contributed by atoms with Crippen molar-refractivity contribution in [3.8, 4) is 0 Å². The Labute approximate surface area is 200 Å². The van der Waals surface area contributed by atoms with E-state index in [9.17, 15) is 9.59 Å². The van der Waals surface area contributed by atoms with Crippen LogP contribution in [0.3, 0.4) is 0 Å². The highest BCUT2D eigenvalue weighted by Gasteiger charge is 2.32. The van der Waals surface area contributed by atoms with Crippen molar-refractivity contribution in [3.63, 3.8) is 0 Å². The topological polar surface area (TPSA) is 62.3 Å². The second kappa shape index (κ2) is 10.2. The maximum atomic E-state index is 12.7. The molecule has 2 amide bonds. The zero-order valence-corrected chi connectivity index (χ0v) is 19.9. The molecule has 3 aromatic rings. The Morgan fingerprint density at radius 2 is 1.91 bits per heavy atom. The lowest BCUT2D eigenvalue weighted by molar-refractivity contribution is -0.122. The van der Waals surface area contributed by atoms with Crippen LogP contribution in [-0.4, -0.2) is 32.6 Å². The molecular formula is C24H21N3O2S3. The first-order valence-corrected chi connectivity index (χ1v) is 12.1. The highest BCUT2D eigenvalue weighted by molar-refractivity contribution is 8.26. The third kappa shape index (κ3) is 5.70. The molecule has 0 saturated carbocycles. The third-order valence-electron chi connectivity index (χ3n) is 4.83. The van der Waals surface area contributed by atoms with Crippen LogP contribution < -0.4 is 5.32 Å². The Balaban J connectivity index is 1.30. The number of hydrogen-bond donors (Lipinski definition) is 1. The predicted octanol–water partition coefficient (Wildman–Crippen LogP) is 5.27. The summed E-state index contributed by atoms with van der Waals surface area (Å²) in [6.07, 6.45) is 4.55. The third-order valence-corrected chi connectivity index (χ3v) is 7.12. The van der Waals surface area contributed by atoms with Gasteiger partial charge in [-0.2, -0.15) is 0 Å². The van der Waals surface area contributed by atoms with E-state index < -0.39 is 0 Å². The van der Waals surface area contributed by atoms with Gasteiger partial charge in [-0.1, -0.05) is 84.1 Å². The molecule has 4 rings (SSSR count). The SMILES string of the molecule is Cc1ccc(C=C2SC(=S)N(CCC(=O)Nc3ncc(Cc4ccccc4)s3)C2=O)cc1. The van der Waals surface area contributed by atoms with Crippen molar-refractivity contribution >= 4 is 62.7 Å². The first-order valence-electron chi connectivity index (χ1n) is 10.1. The number of carbonyl (C=O) groups excluding carboxylic acids is 2. The van der Waals surface area contributed by atoms with E-state index in [0.717, 1.165) is 22.4 Å². The monoisotopic (exact) mass is 479 g/mol. The number of thiazole rings is 1. The molecule has 0 unspecified atom stereocenters. The summed E-state index contributed by atoms with van der Waals surface area (Å²) in [6, 6.07) is 18.1.